The second-order valence-corrected chi connectivity index (χ2v) is 7.65. The van der Waals surface area contributed by atoms with Gasteiger partial charge in [-0.25, -0.2) is 4.98 Å². The summed E-state index contributed by atoms with van der Waals surface area (Å²) >= 11 is 0. The number of nitrogens with one attached hydrogen (secondary N) is 1. The van der Waals surface area contributed by atoms with E-state index in [9.17, 15) is 9.59 Å². The molecule has 0 saturated carbocycles. The molecule has 1 amide bonds. The average molecular weight is 387 g/mol. The molecule has 148 valence electrons. The average Bonchev–Trinajstić information content (AvgIpc) is 2.90. The van der Waals surface area contributed by atoms with Gasteiger partial charge in [0, 0.05) is 23.4 Å². The van der Waals surface area contributed by atoms with Crippen LogP contribution in [0.4, 0.5) is 5.69 Å². The number of aromatic nitrogens is 2. The molecule has 0 spiro atoms. The first-order valence-corrected chi connectivity index (χ1v) is 10.1. The van der Waals surface area contributed by atoms with Gasteiger partial charge in [0.2, 0.25) is 0 Å². The van der Waals surface area contributed by atoms with E-state index in [0.29, 0.717) is 16.9 Å². The van der Waals surface area contributed by atoms with Gasteiger partial charge in [-0.15, -0.1) is 0 Å². The van der Waals surface area contributed by atoms with Crippen LogP contribution in [0.15, 0.2) is 48.5 Å². The maximum Gasteiger partial charge on any atom is 0.276 e. The summed E-state index contributed by atoms with van der Waals surface area (Å²) in [5.41, 5.74) is 4.88. The fraction of sp³-hybridized carbons (Fsp3) is 0.292. The van der Waals surface area contributed by atoms with Crippen molar-refractivity contribution in [1.82, 2.24) is 9.55 Å². The molecule has 0 bridgehead atoms. The Morgan fingerprint density at radius 2 is 1.83 bits per heavy atom. The molecule has 29 heavy (non-hydrogen) atoms. The van der Waals surface area contributed by atoms with E-state index in [1.807, 2.05) is 0 Å². The number of ketones is 1. The van der Waals surface area contributed by atoms with E-state index in [0.717, 1.165) is 49.3 Å². The Hall–Kier alpha value is -3.21. The molecule has 1 aliphatic heterocycles. The molecule has 0 fully saturated rings. The van der Waals surface area contributed by atoms with E-state index in [-0.39, 0.29) is 11.7 Å². The van der Waals surface area contributed by atoms with Crippen LogP contribution in [0.25, 0.3) is 11.4 Å². The number of aryl methyl sites for hydroxylation is 1. The lowest BCUT2D eigenvalue weighted by Crippen LogP contribution is -2.15. The van der Waals surface area contributed by atoms with Gasteiger partial charge in [0.15, 0.2) is 5.78 Å². The van der Waals surface area contributed by atoms with Gasteiger partial charge < -0.3 is 9.88 Å². The molecule has 2 aromatic carbocycles. The highest BCUT2D eigenvalue weighted by molar-refractivity contribution is 6.05. The van der Waals surface area contributed by atoms with Crippen molar-refractivity contribution in [2.75, 3.05) is 5.32 Å². The fourth-order valence-corrected chi connectivity index (χ4v) is 3.83. The number of anilines is 1. The summed E-state index contributed by atoms with van der Waals surface area (Å²) in [5.74, 6) is 0.595. The first-order valence-electron chi connectivity index (χ1n) is 10.1. The van der Waals surface area contributed by atoms with E-state index in [1.165, 1.54) is 12.5 Å². The van der Waals surface area contributed by atoms with Crippen LogP contribution in [0, 0.1) is 6.92 Å². The van der Waals surface area contributed by atoms with Gasteiger partial charge in [0.1, 0.15) is 11.5 Å². The first kappa shape index (κ1) is 19.1. The molecule has 5 nitrogen and oxygen atoms in total. The number of rotatable bonds is 4. The SMILES string of the molecule is CC(=O)c1cccc(NC(=O)c2nc(-c3ccc(C)cc3)n3c2CCCCC3)c1. The lowest BCUT2D eigenvalue weighted by atomic mass is 10.1. The third-order valence-corrected chi connectivity index (χ3v) is 5.42. The second kappa shape index (κ2) is 8.03. The summed E-state index contributed by atoms with van der Waals surface area (Å²) < 4.78 is 2.21. The van der Waals surface area contributed by atoms with E-state index < -0.39 is 0 Å². The Labute approximate surface area is 170 Å². The quantitative estimate of drug-likeness (QED) is 0.638. The van der Waals surface area contributed by atoms with Crippen molar-refractivity contribution >= 4 is 17.4 Å². The van der Waals surface area contributed by atoms with E-state index in [2.05, 4.69) is 41.1 Å². The van der Waals surface area contributed by atoms with Crippen LogP contribution in [0.2, 0.25) is 0 Å². The summed E-state index contributed by atoms with van der Waals surface area (Å²) in [6.07, 6.45) is 4.13. The van der Waals surface area contributed by atoms with Crippen LogP contribution in [0.5, 0.6) is 0 Å². The number of hydrogen-bond acceptors (Lipinski definition) is 3. The summed E-state index contributed by atoms with van der Waals surface area (Å²) in [6.45, 7) is 4.45. The number of nitrogens with zero attached hydrogens (tertiary/aromatic N) is 2. The molecule has 1 N–H and O–H groups in total. The van der Waals surface area contributed by atoms with Crippen LogP contribution in [-0.4, -0.2) is 21.2 Å². The molecule has 0 atom stereocenters. The van der Waals surface area contributed by atoms with Crippen LogP contribution in [0.1, 0.15) is 58.3 Å². The Bertz CT molecular complexity index is 1060. The summed E-state index contributed by atoms with van der Waals surface area (Å²) in [5, 5.41) is 2.93. The summed E-state index contributed by atoms with van der Waals surface area (Å²) in [6, 6.07) is 15.3. The van der Waals surface area contributed by atoms with Gasteiger partial charge in [0.25, 0.3) is 5.91 Å². The zero-order valence-corrected chi connectivity index (χ0v) is 16.9. The molecule has 1 aliphatic rings. The molecular formula is C24H25N3O2. The second-order valence-electron chi connectivity index (χ2n) is 7.65. The van der Waals surface area contributed by atoms with Crippen LogP contribution in [-0.2, 0) is 13.0 Å². The van der Waals surface area contributed by atoms with Gasteiger partial charge in [0.05, 0.1) is 5.69 Å². The number of hydrogen-bond donors (Lipinski definition) is 1. The minimum atomic E-state index is -0.227. The van der Waals surface area contributed by atoms with Crippen LogP contribution < -0.4 is 5.32 Å². The monoisotopic (exact) mass is 387 g/mol. The van der Waals surface area contributed by atoms with Gasteiger partial charge >= 0.3 is 0 Å². The topological polar surface area (TPSA) is 64.0 Å². The van der Waals surface area contributed by atoms with Crippen LogP contribution >= 0.6 is 0 Å². The van der Waals surface area contributed by atoms with E-state index >= 15 is 0 Å². The normalized spacial score (nSPS) is 13.4. The summed E-state index contributed by atoms with van der Waals surface area (Å²) in [4.78, 5) is 29.5. The highest BCUT2D eigenvalue weighted by Gasteiger charge is 2.24. The number of Topliss-reactive ketones (excluding diaryl/α,β-unsaturated/α-hetero) is 1. The number of carbonyl (C=O) groups is 2. The third-order valence-electron chi connectivity index (χ3n) is 5.42. The molecular weight excluding hydrogens is 362 g/mol. The molecule has 0 aliphatic carbocycles. The first-order chi connectivity index (χ1) is 14.0. The third kappa shape index (κ3) is 3.99. The molecule has 0 saturated heterocycles. The van der Waals surface area contributed by atoms with Crippen LogP contribution in [0.3, 0.4) is 0 Å². The lowest BCUT2D eigenvalue weighted by molar-refractivity contribution is 0.100. The molecule has 5 heteroatoms. The number of amides is 1. The zero-order chi connectivity index (χ0) is 20.4. The Morgan fingerprint density at radius 3 is 2.59 bits per heavy atom. The minimum absolute atomic E-state index is 0.0291. The highest BCUT2D eigenvalue weighted by atomic mass is 16.2. The fourth-order valence-electron chi connectivity index (χ4n) is 3.83. The van der Waals surface area contributed by atoms with Gasteiger partial charge in [-0.3, -0.25) is 9.59 Å². The smallest absolute Gasteiger partial charge is 0.276 e. The standard InChI is InChI=1S/C24H25N3O2/c1-16-10-12-18(13-11-16)23-26-22(21-9-4-3-5-14-27(21)23)24(29)25-20-8-6-7-19(15-20)17(2)28/h6-8,10-13,15H,3-5,9,14H2,1-2H3,(H,25,29). The number of fused-ring (bicyclic) bond motifs is 1. The van der Waals surface area contributed by atoms with Crippen molar-refractivity contribution in [2.45, 2.75) is 46.1 Å². The predicted molar refractivity (Wildman–Crippen MR) is 114 cm³/mol. The number of carbonyl (C=O) groups excluding carboxylic acids is 2. The number of benzene rings is 2. The summed E-state index contributed by atoms with van der Waals surface area (Å²) in [7, 11) is 0. The van der Waals surface area contributed by atoms with Crippen molar-refractivity contribution in [1.29, 1.82) is 0 Å². The Balaban J connectivity index is 1.71. The van der Waals surface area contributed by atoms with E-state index in [4.69, 9.17) is 4.98 Å². The van der Waals surface area contributed by atoms with E-state index in [1.54, 1.807) is 24.3 Å². The maximum absolute atomic E-state index is 13.1. The zero-order valence-electron chi connectivity index (χ0n) is 16.9. The van der Waals surface area contributed by atoms with Gasteiger partial charge in [-0.1, -0.05) is 48.4 Å². The predicted octanol–water partition coefficient (Wildman–Crippen LogP) is 5.04. The van der Waals surface area contributed by atoms with Gasteiger partial charge in [-0.2, -0.15) is 0 Å². The Kier molecular flexibility index (Phi) is 5.30. The minimum Gasteiger partial charge on any atom is -0.327 e. The molecule has 0 unspecified atom stereocenters. The maximum atomic E-state index is 13.1. The largest absolute Gasteiger partial charge is 0.327 e. The number of imidazole rings is 1. The molecule has 4 rings (SSSR count). The Morgan fingerprint density at radius 1 is 1.03 bits per heavy atom. The molecule has 2 heterocycles. The molecule has 3 aromatic rings. The lowest BCUT2D eigenvalue weighted by Gasteiger charge is -2.09. The highest BCUT2D eigenvalue weighted by Crippen LogP contribution is 2.28. The van der Waals surface area contributed by atoms with Crippen molar-refractivity contribution < 1.29 is 9.59 Å². The van der Waals surface area contributed by atoms with Crippen molar-refractivity contribution in [3.63, 3.8) is 0 Å². The van der Waals surface area contributed by atoms with Crippen molar-refractivity contribution in [2.24, 2.45) is 0 Å². The molecule has 0 radical (unpaired) electrons. The van der Waals surface area contributed by atoms with Crippen molar-refractivity contribution in [3.05, 3.63) is 71.0 Å². The molecule has 1 aromatic heterocycles. The van der Waals surface area contributed by atoms with Gasteiger partial charge in [-0.05, 0) is 45.2 Å². The van der Waals surface area contributed by atoms with Crippen molar-refractivity contribution in [3.8, 4) is 11.4 Å².